The van der Waals surface area contributed by atoms with Crippen LogP contribution in [0.15, 0.2) is 30.3 Å². The van der Waals surface area contributed by atoms with Gasteiger partial charge in [-0.25, -0.2) is 13.8 Å². The number of piperazine rings is 1. The molecule has 8 heteroatoms. The number of pyridine rings is 1. The fourth-order valence-corrected chi connectivity index (χ4v) is 5.20. The number of hydrogen-bond donors (Lipinski definition) is 1. The van der Waals surface area contributed by atoms with Crippen LogP contribution < -0.4 is 13.9 Å². The molecule has 0 bridgehead atoms. The molecule has 30 heavy (non-hydrogen) atoms. The highest BCUT2D eigenvalue weighted by Gasteiger charge is 2.57. The van der Waals surface area contributed by atoms with Crippen LogP contribution >= 0.6 is 12.1 Å². The Balaban J connectivity index is 1.38. The minimum absolute atomic E-state index is 0.00626. The van der Waals surface area contributed by atoms with E-state index >= 15 is 0 Å². The average molecular weight is 432 g/mol. The molecule has 1 saturated heterocycles. The molecule has 1 saturated carbocycles. The van der Waals surface area contributed by atoms with Gasteiger partial charge in [-0.05, 0) is 36.2 Å². The van der Waals surface area contributed by atoms with Crippen LogP contribution in [0.5, 0.6) is 0 Å². The lowest BCUT2D eigenvalue weighted by molar-refractivity contribution is 0.101. The first-order valence-corrected chi connectivity index (χ1v) is 11.2. The fourth-order valence-electron chi connectivity index (χ4n) is 4.22. The molecule has 0 amide bonds. The molecule has 1 atom stereocenters. The summed E-state index contributed by atoms with van der Waals surface area (Å²) in [6.07, 6.45) is -0.00626. The third-order valence-electron chi connectivity index (χ3n) is 6.18. The molecule has 5 rings (SSSR count). The lowest BCUT2D eigenvalue weighted by Gasteiger charge is -2.27. The molecule has 2 aromatic rings. The normalized spacial score (nSPS) is 23.0. The minimum Gasteiger partial charge on any atom is -0.314 e. The number of aromatic nitrogens is 1. The topological polar surface area (TPSA) is 34.6 Å². The van der Waals surface area contributed by atoms with Crippen molar-refractivity contribution in [3.63, 3.8) is 0 Å². The van der Waals surface area contributed by atoms with Crippen LogP contribution in [0.2, 0.25) is 0 Å². The van der Waals surface area contributed by atoms with E-state index in [1.54, 1.807) is 0 Å². The van der Waals surface area contributed by atoms with Gasteiger partial charge in [0.1, 0.15) is 0 Å². The smallest absolute Gasteiger partial charge is 0.253 e. The maximum absolute atomic E-state index is 13.4. The van der Waals surface area contributed by atoms with Crippen molar-refractivity contribution in [3.05, 3.63) is 41.5 Å². The second kappa shape index (κ2) is 7.66. The first-order valence-electron chi connectivity index (χ1n) is 10.5. The molecule has 1 aliphatic carbocycles. The van der Waals surface area contributed by atoms with Crippen LogP contribution in [0.3, 0.4) is 0 Å². The van der Waals surface area contributed by atoms with Crippen molar-refractivity contribution in [3.8, 4) is 11.3 Å². The van der Waals surface area contributed by atoms with E-state index in [-0.39, 0.29) is 6.42 Å². The van der Waals surface area contributed by atoms with E-state index in [1.165, 1.54) is 23.3 Å². The molecule has 5 nitrogen and oxygen atoms in total. The zero-order chi connectivity index (χ0) is 20.9. The van der Waals surface area contributed by atoms with Crippen LogP contribution in [0, 0.1) is 12.8 Å². The van der Waals surface area contributed by atoms with Crippen LogP contribution in [0.25, 0.3) is 11.3 Å². The largest absolute Gasteiger partial charge is 0.314 e. The van der Waals surface area contributed by atoms with Crippen molar-refractivity contribution in [1.29, 1.82) is 0 Å². The van der Waals surface area contributed by atoms with Crippen molar-refractivity contribution in [1.82, 2.24) is 15.2 Å². The van der Waals surface area contributed by atoms with E-state index in [4.69, 9.17) is 4.98 Å². The van der Waals surface area contributed by atoms with Crippen LogP contribution in [0.1, 0.15) is 17.5 Å². The summed E-state index contributed by atoms with van der Waals surface area (Å²) < 4.78 is 30.7. The summed E-state index contributed by atoms with van der Waals surface area (Å²) in [5.74, 6) is -2.21. The molecule has 0 radical (unpaired) electrons. The van der Waals surface area contributed by atoms with Gasteiger partial charge >= 0.3 is 0 Å². The predicted molar refractivity (Wildman–Crippen MR) is 119 cm³/mol. The van der Waals surface area contributed by atoms with Gasteiger partial charge in [0.05, 0.1) is 23.5 Å². The Morgan fingerprint density at radius 3 is 2.70 bits per heavy atom. The Morgan fingerprint density at radius 2 is 1.97 bits per heavy atom. The van der Waals surface area contributed by atoms with E-state index < -0.39 is 11.8 Å². The molecule has 1 unspecified atom stereocenters. The lowest BCUT2D eigenvalue weighted by atomic mass is 10.0. The molecule has 1 N–H and O–H groups in total. The molecule has 3 heterocycles. The summed E-state index contributed by atoms with van der Waals surface area (Å²) in [7, 11) is 1.94. The molecule has 2 fully saturated rings. The van der Waals surface area contributed by atoms with Gasteiger partial charge in [0.15, 0.2) is 5.82 Å². The van der Waals surface area contributed by atoms with Crippen LogP contribution in [-0.2, 0) is 6.54 Å². The Kier molecular flexibility index (Phi) is 5.11. The molecular formula is C22H27F2N5S. The number of rotatable bonds is 5. The molecule has 0 spiro atoms. The number of benzene rings is 1. The van der Waals surface area contributed by atoms with Gasteiger partial charge in [0, 0.05) is 64.2 Å². The maximum Gasteiger partial charge on any atom is 0.253 e. The van der Waals surface area contributed by atoms with Crippen LogP contribution in [0.4, 0.5) is 20.3 Å². The second-order valence-electron chi connectivity index (χ2n) is 8.52. The number of halogens is 2. The second-order valence-corrected chi connectivity index (χ2v) is 9.67. The minimum atomic E-state index is -2.50. The predicted octanol–water partition coefficient (Wildman–Crippen LogP) is 3.94. The SMILES string of the molecule is Cc1ccc(CN2CCNCC2)cc1-c1ccc2c(n1)N(C)SN2CC1CC1(F)F. The van der Waals surface area contributed by atoms with Gasteiger partial charge < -0.3 is 5.32 Å². The first-order chi connectivity index (χ1) is 14.4. The van der Waals surface area contributed by atoms with E-state index in [2.05, 4.69) is 35.3 Å². The fraction of sp³-hybridized carbons (Fsp3) is 0.500. The van der Waals surface area contributed by atoms with E-state index in [1.807, 2.05) is 27.8 Å². The molecule has 2 aliphatic heterocycles. The summed E-state index contributed by atoms with van der Waals surface area (Å²) in [4.78, 5) is 7.39. The zero-order valence-corrected chi connectivity index (χ0v) is 18.2. The molecule has 1 aromatic heterocycles. The molecular weight excluding hydrogens is 404 g/mol. The zero-order valence-electron chi connectivity index (χ0n) is 17.4. The first kappa shape index (κ1) is 20.0. The highest BCUT2D eigenvalue weighted by molar-refractivity contribution is 8.02. The number of nitrogens with zero attached hydrogens (tertiary/aromatic N) is 4. The Morgan fingerprint density at radius 1 is 1.20 bits per heavy atom. The number of nitrogens with one attached hydrogen (secondary N) is 1. The summed E-state index contributed by atoms with van der Waals surface area (Å²) in [5, 5.41) is 3.39. The van der Waals surface area contributed by atoms with Crippen molar-refractivity contribution in [2.24, 2.45) is 5.92 Å². The lowest BCUT2D eigenvalue weighted by Crippen LogP contribution is -2.42. The third-order valence-corrected chi connectivity index (χ3v) is 7.14. The Labute approximate surface area is 180 Å². The third kappa shape index (κ3) is 3.88. The van der Waals surface area contributed by atoms with Gasteiger partial charge in [-0.3, -0.25) is 13.5 Å². The average Bonchev–Trinajstić information content (AvgIpc) is 3.21. The van der Waals surface area contributed by atoms with E-state index in [0.717, 1.165) is 55.5 Å². The van der Waals surface area contributed by atoms with Crippen molar-refractivity contribution >= 4 is 23.6 Å². The number of anilines is 2. The number of fused-ring (bicyclic) bond motifs is 1. The maximum atomic E-state index is 13.4. The molecule has 1 aromatic carbocycles. The van der Waals surface area contributed by atoms with Gasteiger partial charge in [-0.2, -0.15) is 0 Å². The highest BCUT2D eigenvalue weighted by Crippen LogP contribution is 2.52. The Bertz CT molecular complexity index is 947. The summed E-state index contributed by atoms with van der Waals surface area (Å²) in [6.45, 7) is 7.63. The molecule has 3 aliphatic rings. The van der Waals surface area contributed by atoms with Gasteiger partial charge in [0.2, 0.25) is 0 Å². The monoisotopic (exact) mass is 431 g/mol. The Hall–Kier alpha value is -1.90. The summed E-state index contributed by atoms with van der Waals surface area (Å²) >= 11 is 1.46. The van der Waals surface area contributed by atoms with Crippen molar-refractivity contribution < 1.29 is 8.78 Å². The van der Waals surface area contributed by atoms with Gasteiger partial charge in [-0.1, -0.05) is 12.1 Å². The van der Waals surface area contributed by atoms with Gasteiger partial charge in [-0.15, -0.1) is 0 Å². The van der Waals surface area contributed by atoms with E-state index in [0.29, 0.717) is 6.54 Å². The van der Waals surface area contributed by atoms with Gasteiger partial charge in [0.25, 0.3) is 5.92 Å². The quantitative estimate of drug-likeness (QED) is 0.723. The van der Waals surface area contributed by atoms with E-state index in [9.17, 15) is 8.78 Å². The number of aryl methyl sites for hydroxylation is 1. The number of hydrogen-bond acceptors (Lipinski definition) is 6. The highest BCUT2D eigenvalue weighted by atomic mass is 32.2. The van der Waals surface area contributed by atoms with Crippen LogP contribution in [-0.4, -0.2) is 55.6 Å². The standard InChI is InChI=1S/C22H27F2N5S/c1-15-3-4-16(13-28-9-7-25-8-10-28)11-18(15)19-5-6-20-21(26-19)27(2)30-29(20)14-17-12-22(17,23)24/h3-6,11,17,25H,7-10,12-14H2,1-2H3. The summed E-state index contributed by atoms with van der Waals surface area (Å²) in [5.41, 5.74) is 5.47. The summed E-state index contributed by atoms with van der Waals surface area (Å²) in [6, 6.07) is 10.7. The number of alkyl halides is 2. The van der Waals surface area contributed by atoms with Crippen molar-refractivity contribution in [2.75, 3.05) is 48.4 Å². The molecule has 160 valence electrons. The van der Waals surface area contributed by atoms with Crippen molar-refractivity contribution in [2.45, 2.75) is 25.8 Å².